The summed E-state index contributed by atoms with van der Waals surface area (Å²) in [5.74, 6) is -0.644. The van der Waals surface area contributed by atoms with E-state index < -0.39 is 11.9 Å². The van der Waals surface area contributed by atoms with Crippen LogP contribution in [0.25, 0.3) is 0 Å². The fourth-order valence-corrected chi connectivity index (χ4v) is 4.23. The summed E-state index contributed by atoms with van der Waals surface area (Å²) in [6, 6.07) is 7.80. The molecule has 0 bridgehead atoms. The lowest BCUT2D eigenvalue weighted by atomic mass is 9.77. The Morgan fingerprint density at radius 2 is 1.90 bits per heavy atom. The molecule has 1 saturated carbocycles. The van der Waals surface area contributed by atoms with Crippen LogP contribution in [0, 0.1) is 5.92 Å². The molecule has 9 nitrogen and oxygen atoms in total. The van der Waals surface area contributed by atoms with Crippen molar-refractivity contribution in [3.8, 4) is 0 Å². The highest BCUT2D eigenvalue weighted by molar-refractivity contribution is 7.13. The number of hydrogen-bond acceptors (Lipinski definition) is 8. The van der Waals surface area contributed by atoms with Gasteiger partial charge in [-0.3, -0.25) is 14.9 Å². The molecular weight excluding hydrogens is 406 g/mol. The standard InChI is InChI=1S/C20H21N5O4S/c26-16(27)11-12-1-3-13(4-2-12)14-5-7-15(8-6-14)22-17(28)18-24-25-19(29-18)23-20-21-9-10-30-20/h5-10,12-13H,1-4,11H2,(H,22,28)(H,26,27)(H,21,23,25). The van der Waals surface area contributed by atoms with E-state index in [0.29, 0.717) is 16.7 Å². The average molecular weight is 427 g/mol. The number of carbonyl (C=O) groups is 2. The van der Waals surface area contributed by atoms with Gasteiger partial charge in [-0.05, 0) is 55.2 Å². The minimum Gasteiger partial charge on any atom is -0.481 e. The zero-order valence-electron chi connectivity index (χ0n) is 16.1. The highest BCUT2D eigenvalue weighted by Gasteiger charge is 2.24. The van der Waals surface area contributed by atoms with Crippen LogP contribution in [0.1, 0.15) is 54.3 Å². The first-order valence-corrected chi connectivity index (χ1v) is 10.6. The van der Waals surface area contributed by atoms with Gasteiger partial charge in [0.1, 0.15) is 0 Å². The number of carbonyl (C=O) groups excluding carboxylic acids is 1. The van der Waals surface area contributed by atoms with Gasteiger partial charge in [-0.1, -0.05) is 17.2 Å². The summed E-state index contributed by atoms with van der Waals surface area (Å²) in [4.78, 5) is 27.3. The fraction of sp³-hybridized carbons (Fsp3) is 0.350. The van der Waals surface area contributed by atoms with E-state index in [1.807, 2.05) is 24.3 Å². The van der Waals surface area contributed by atoms with Crippen molar-refractivity contribution >= 4 is 40.0 Å². The first-order chi connectivity index (χ1) is 14.6. The third kappa shape index (κ3) is 5.01. The highest BCUT2D eigenvalue weighted by atomic mass is 32.1. The van der Waals surface area contributed by atoms with Crippen LogP contribution in [0.5, 0.6) is 0 Å². The number of amides is 1. The van der Waals surface area contributed by atoms with Gasteiger partial charge < -0.3 is 14.8 Å². The van der Waals surface area contributed by atoms with E-state index in [2.05, 4.69) is 25.8 Å². The van der Waals surface area contributed by atoms with Gasteiger partial charge in [-0.25, -0.2) is 4.98 Å². The summed E-state index contributed by atoms with van der Waals surface area (Å²) in [7, 11) is 0. The van der Waals surface area contributed by atoms with Crippen LogP contribution < -0.4 is 10.6 Å². The number of carboxylic acid groups (broad SMARTS) is 1. The van der Waals surface area contributed by atoms with E-state index in [0.717, 1.165) is 25.7 Å². The van der Waals surface area contributed by atoms with Crippen molar-refractivity contribution in [1.29, 1.82) is 0 Å². The molecule has 2 aromatic heterocycles. The van der Waals surface area contributed by atoms with E-state index >= 15 is 0 Å². The molecule has 0 unspecified atom stereocenters. The Kier molecular flexibility index (Phi) is 6.03. The second-order valence-electron chi connectivity index (χ2n) is 7.27. The molecule has 10 heteroatoms. The Labute approximate surface area is 176 Å². The SMILES string of the molecule is O=C(O)CC1CCC(c2ccc(NC(=O)c3nnc(Nc4nccs4)o3)cc2)CC1. The Morgan fingerprint density at radius 3 is 2.57 bits per heavy atom. The van der Waals surface area contributed by atoms with Crippen LogP contribution in [-0.2, 0) is 4.79 Å². The van der Waals surface area contributed by atoms with Crippen molar-refractivity contribution < 1.29 is 19.1 Å². The van der Waals surface area contributed by atoms with Gasteiger partial charge in [0.2, 0.25) is 0 Å². The van der Waals surface area contributed by atoms with Crippen molar-refractivity contribution in [1.82, 2.24) is 15.2 Å². The molecule has 1 fully saturated rings. The Morgan fingerprint density at radius 1 is 1.13 bits per heavy atom. The number of aromatic nitrogens is 3. The molecule has 0 spiro atoms. The minimum absolute atomic E-state index is 0.101. The summed E-state index contributed by atoms with van der Waals surface area (Å²) < 4.78 is 5.33. The Bertz CT molecular complexity index is 995. The van der Waals surface area contributed by atoms with Crippen LogP contribution in [0.15, 0.2) is 40.3 Å². The summed E-state index contributed by atoms with van der Waals surface area (Å²) in [6.07, 6.45) is 5.74. The van der Waals surface area contributed by atoms with Crippen LogP contribution >= 0.6 is 11.3 Å². The third-order valence-corrected chi connectivity index (χ3v) is 5.90. The van der Waals surface area contributed by atoms with Gasteiger partial charge in [0.25, 0.3) is 0 Å². The Hall–Kier alpha value is -3.27. The molecule has 0 saturated heterocycles. The number of nitrogens with zero attached hydrogens (tertiary/aromatic N) is 3. The van der Waals surface area contributed by atoms with Gasteiger partial charge in [0.05, 0.1) is 0 Å². The van der Waals surface area contributed by atoms with Crippen LogP contribution in [0.4, 0.5) is 16.8 Å². The highest BCUT2D eigenvalue weighted by Crippen LogP contribution is 2.37. The summed E-state index contributed by atoms with van der Waals surface area (Å²) in [6.45, 7) is 0. The zero-order valence-corrected chi connectivity index (χ0v) is 16.9. The fourth-order valence-electron chi connectivity index (χ4n) is 3.71. The predicted molar refractivity (Wildman–Crippen MR) is 111 cm³/mol. The number of thiazole rings is 1. The normalized spacial score (nSPS) is 18.7. The summed E-state index contributed by atoms with van der Waals surface area (Å²) >= 11 is 1.38. The first kappa shape index (κ1) is 20.0. The predicted octanol–water partition coefficient (Wildman–Crippen LogP) is 4.27. The lowest BCUT2D eigenvalue weighted by Gasteiger charge is -2.28. The molecule has 1 aromatic carbocycles. The molecule has 0 atom stereocenters. The van der Waals surface area contributed by atoms with Gasteiger partial charge in [-0.2, -0.15) is 0 Å². The maximum atomic E-state index is 12.3. The average Bonchev–Trinajstić information content (AvgIpc) is 3.41. The van der Waals surface area contributed by atoms with Crippen LogP contribution in [0.2, 0.25) is 0 Å². The lowest BCUT2D eigenvalue weighted by Crippen LogP contribution is -2.16. The van der Waals surface area contributed by atoms with E-state index in [9.17, 15) is 9.59 Å². The van der Waals surface area contributed by atoms with Crippen molar-refractivity contribution in [3.05, 3.63) is 47.3 Å². The second-order valence-corrected chi connectivity index (χ2v) is 8.16. The Balaban J connectivity index is 1.31. The van der Waals surface area contributed by atoms with Gasteiger partial charge in [0, 0.05) is 23.7 Å². The van der Waals surface area contributed by atoms with E-state index in [1.54, 1.807) is 11.6 Å². The number of nitrogens with one attached hydrogen (secondary N) is 2. The van der Waals surface area contributed by atoms with Gasteiger partial charge in [-0.15, -0.1) is 16.4 Å². The van der Waals surface area contributed by atoms with Gasteiger partial charge >= 0.3 is 23.8 Å². The van der Waals surface area contributed by atoms with E-state index in [-0.39, 0.29) is 24.2 Å². The third-order valence-electron chi connectivity index (χ3n) is 5.22. The van der Waals surface area contributed by atoms with Crippen molar-refractivity contribution in [3.63, 3.8) is 0 Å². The quantitative estimate of drug-likeness (QED) is 0.509. The molecule has 3 aromatic rings. The molecule has 4 rings (SSSR count). The van der Waals surface area contributed by atoms with Gasteiger partial charge in [0.15, 0.2) is 5.13 Å². The molecule has 0 radical (unpaired) electrons. The summed E-state index contributed by atoms with van der Waals surface area (Å²) in [5.41, 5.74) is 1.84. The maximum absolute atomic E-state index is 12.3. The zero-order chi connectivity index (χ0) is 20.9. The second kappa shape index (κ2) is 9.04. The molecule has 1 aliphatic carbocycles. The number of rotatable bonds is 7. The largest absolute Gasteiger partial charge is 0.481 e. The van der Waals surface area contributed by atoms with E-state index in [1.165, 1.54) is 16.9 Å². The first-order valence-electron chi connectivity index (χ1n) is 9.70. The van der Waals surface area contributed by atoms with E-state index in [4.69, 9.17) is 9.52 Å². The minimum atomic E-state index is -0.717. The molecule has 156 valence electrons. The molecule has 30 heavy (non-hydrogen) atoms. The van der Waals surface area contributed by atoms with Crippen molar-refractivity contribution in [2.24, 2.45) is 5.92 Å². The monoisotopic (exact) mass is 427 g/mol. The van der Waals surface area contributed by atoms with Crippen LogP contribution in [0.3, 0.4) is 0 Å². The number of anilines is 3. The molecule has 1 amide bonds. The number of carboxylic acids is 1. The molecule has 1 aliphatic rings. The van der Waals surface area contributed by atoms with Crippen molar-refractivity contribution in [2.45, 2.75) is 38.0 Å². The molecular formula is C20H21N5O4S. The maximum Gasteiger partial charge on any atom is 0.322 e. The number of benzene rings is 1. The number of aliphatic carboxylic acids is 1. The molecule has 2 heterocycles. The molecule has 3 N–H and O–H groups in total. The lowest BCUT2D eigenvalue weighted by molar-refractivity contribution is -0.138. The van der Waals surface area contributed by atoms with Crippen LogP contribution in [-0.4, -0.2) is 32.2 Å². The topological polar surface area (TPSA) is 130 Å². The van der Waals surface area contributed by atoms with Crippen molar-refractivity contribution in [2.75, 3.05) is 10.6 Å². The molecule has 0 aliphatic heterocycles. The summed E-state index contributed by atoms with van der Waals surface area (Å²) in [5, 5.41) is 24.5. The smallest absolute Gasteiger partial charge is 0.322 e. The number of hydrogen-bond donors (Lipinski definition) is 3.